The summed E-state index contributed by atoms with van der Waals surface area (Å²) in [6.07, 6.45) is 0. The van der Waals surface area contributed by atoms with Gasteiger partial charge in [0.15, 0.2) is 0 Å². The number of aryl methyl sites for hydroxylation is 1. The minimum atomic E-state index is -0.295. The van der Waals surface area contributed by atoms with Crippen molar-refractivity contribution < 1.29 is 4.39 Å². The van der Waals surface area contributed by atoms with Gasteiger partial charge in [-0.3, -0.25) is 0 Å². The highest BCUT2D eigenvalue weighted by molar-refractivity contribution is 5.61. The normalized spacial score (nSPS) is 10.3. The molecule has 0 saturated heterocycles. The van der Waals surface area contributed by atoms with Gasteiger partial charge in [0.05, 0.1) is 0 Å². The molecule has 0 aliphatic rings. The van der Waals surface area contributed by atoms with E-state index in [1.807, 2.05) is 19.9 Å². The van der Waals surface area contributed by atoms with Crippen molar-refractivity contribution in [3.8, 4) is 0 Å². The molecule has 4 N–H and O–H groups in total. The van der Waals surface area contributed by atoms with Gasteiger partial charge in [-0.15, -0.1) is 0 Å². The molecule has 6 heteroatoms. The molecule has 0 saturated carbocycles. The van der Waals surface area contributed by atoms with Crippen molar-refractivity contribution in [2.24, 2.45) is 0 Å². The van der Waals surface area contributed by atoms with E-state index in [0.717, 1.165) is 12.1 Å². The molecule has 100 valence electrons. The van der Waals surface area contributed by atoms with Gasteiger partial charge in [-0.25, -0.2) is 4.39 Å². The summed E-state index contributed by atoms with van der Waals surface area (Å²) in [7, 11) is 0. The number of aromatic nitrogens is 2. The van der Waals surface area contributed by atoms with Crippen LogP contribution in [0.25, 0.3) is 0 Å². The first kappa shape index (κ1) is 13.1. The van der Waals surface area contributed by atoms with Crippen LogP contribution in [0.1, 0.15) is 12.5 Å². The van der Waals surface area contributed by atoms with Crippen molar-refractivity contribution in [3.63, 3.8) is 0 Å². The molecule has 0 amide bonds. The molecule has 2 rings (SSSR count). The Morgan fingerprint density at radius 1 is 1.16 bits per heavy atom. The van der Waals surface area contributed by atoms with Gasteiger partial charge in [0.2, 0.25) is 5.95 Å². The molecule has 0 bridgehead atoms. The van der Waals surface area contributed by atoms with E-state index in [0.29, 0.717) is 17.3 Å². The van der Waals surface area contributed by atoms with Crippen LogP contribution in [0.15, 0.2) is 24.3 Å². The molecule has 0 atom stereocenters. The maximum absolute atomic E-state index is 13.3. The molecule has 1 aromatic carbocycles. The number of anilines is 4. The van der Waals surface area contributed by atoms with E-state index in [9.17, 15) is 4.39 Å². The zero-order valence-corrected chi connectivity index (χ0v) is 10.9. The second-order valence-corrected chi connectivity index (χ2v) is 4.17. The molecule has 1 aromatic heterocycles. The largest absolute Gasteiger partial charge is 0.370 e. The van der Waals surface area contributed by atoms with Crippen LogP contribution in [0, 0.1) is 12.7 Å². The average molecular weight is 261 g/mol. The summed E-state index contributed by atoms with van der Waals surface area (Å²) in [6.45, 7) is 4.52. The van der Waals surface area contributed by atoms with E-state index in [1.54, 1.807) is 6.07 Å². The van der Waals surface area contributed by atoms with Gasteiger partial charge in [0.25, 0.3) is 0 Å². The number of hydrogen-bond donors (Lipinski definition) is 3. The molecule has 19 heavy (non-hydrogen) atoms. The van der Waals surface area contributed by atoms with Crippen LogP contribution >= 0.6 is 0 Å². The van der Waals surface area contributed by atoms with E-state index in [-0.39, 0.29) is 11.8 Å². The molecular formula is C13H16FN5. The Morgan fingerprint density at radius 2 is 1.89 bits per heavy atom. The predicted molar refractivity (Wildman–Crippen MR) is 75.0 cm³/mol. The van der Waals surface area contributed by atoms with Crippen molar-refractivity contribution in [2.45, 2.75) is 13.8 Å². The van der Waals surface area contributed by atoms with E-state index in [4.69, 9.17) is 5.73 Å². The summed E-state index contributed by atoms with van der Waals surface area (Å²) >= 11 is 0. The summed E-state index contributed by atoms with van der Waals surface area (Å²) in [5.74, 6) is 1.02. The third-order valence-electron chi connectivity index (χ3n) is 2.42. The lowest BCUT2D eigenvalue weighted by Crippen LogP contribution is -2.05. The SMILES string of the molecule is CCNc1cc(Nc2cc(C)cc(F)c2)nc(N)n1. The molecular weight excluding hydrogens is 245 g/mol. The van der Waals surface area contributed by atoms with Crippen molar-refractivity contribution >= 4 is 23.3 Å². The lowest BCUT2D eigenvalue weighted by molar-refractivity contribution is 0.627. The Hall–Kier alpha value is -2.37. The number of nitrogen functional groups attached to an aromatic ring is 1. The number of rotatable bonds is 4. The van der Waals surface area contributed by atoms with E-state index in [2.05, 4.69) is 20.6 Å². The summed E-state index contributed by atoms with van der Waals surface area (Å²) in [6, 6.07) is 6.41. The van der Waals surface area contributed by atoms with Crippen LogP contribution in [0.5, 0.6) is 0 Å². The number of hydrogen-bond acceptors (Lipinski definition) is 5. The molecule has 0 radical (unpaired) electrons. The molecule has 0 fully saturated rings. The van der Waals surface area contributed by atoms with E-state index in [1.165, 1.54) is 12.1 Å². The van der Waals surface area contributed by atoms with Gasteiger partial charge in [0, 0.05) is 18.3 Å². The van der Waals surface area contributed by atoms with Crippen LogP contribution in [-0.4, -0.2) is 16.5 Å². The summed E-state index contributed by atoms with van der Waals surface area (Å²) in [5, 5.41) is 6.07. The number of halogens is 1. The van der Waals surface area contributed by atoms with Crippen LogP contribution < -0.4 is 16.4 Å². The van der Waals surface area contributed by atoms with Crippen LogP contribution in [0.2, 0.25) is 0 Å². The molecule has 0 aliphatic carbocycles. The Labute approximate surface area is 111 Å². The second-order valence-electron chi connectivity index (χ2n) is 4.17. The smallest absolute Gasteiger partial charge is 0.223 e. The molecule has 0 unspecified atom stereocenters. The monoisotopic (exact) mass is 261 g/mol. The summed E-state index contributed by atoms with van der Waals surface area (Å²) in [4.78, 5) is 8.11. The van der Waals surface area contributed by atoms with Crippen molar-refractivity contribution in [1.29, 1.82) is 0 Å². The Bertz CT molecular complexity index is 565. The van der Waals surface area contributed by atoms with Crippen molar-refractivity contribution in [2.75, 3.05) is 22.9 Å². The van der Waals surface area contributed by atoms with Gasteiger partial charge in [-0.05, 0) is 37.6 Å². The molecule has 0 aliphatic heterocycles. The van der Waals surface area contributed by atoms with Gasteiger partial charge in [0.1, 0.15) is 17.5 Å². The Morgan fingerprint density at radius 3 is 2.58 bits per heavy atom. The van der Waals surface area contributed by atoms with Crippen LogP contribution in [-0.2, 0) is 0 Å². The lowest BCUT2D eigenvalue weighted by Gasteiger charge is -2.09. The third-order valence-corrected chi connectivity index (χ3v) is 2.42. The fraction of sp³-hybridized carbons (Fsp3) is 0.231. The first-order valence-electron chi connectivity index (χ1n) is 5.99. The quantitative estimate of drug-likeness (QED) is 0.789. The Kier molecular flexibility index (Phi) is 3.79. The standard InChI is InChI=1S/C13H16FN5/c1-3-16-11-7-12(19-13(15)18-11)17-10-5-8(2)4-9(14)6-10/h4-7H,3H2,1-2H3,(H4,15,16,17,18,19). The average Bonchev–Trinajstić information content (AvgIpc) is 2.26. The molecule has 1 heterocycles. The van der Waals surface area contributed by atoms with E-state index >= 15 is 0 Å². The first-order valence-corrected chi connectivity index (χ1v) is 5.99. The third kappa shape index (κ3) is 3.54. The first-order chi connectivity index (χ1) is 9.06. The minimum absolute atomic E-state index is 0.161. The summed E-state index contributed by atoms with van der Waals surface area (Å²) in [5.41, 5.74) is 7.08. The highest BCUT2D eigenvalue weighted by Crippen LogP contribution is 2.20. The minimum Gasteiger partial charge on any atom is -0.370 e. The molecule has 5 nitrogen and oxygen atoms in total. The maximum atomic E-state index is 13.3. The topological polar surface area (TPSA) is 75.9 Å². The van der Waals surface area contributed by atoms with E-state index < -0.39 is 0 Å². The zero-order chi connectivity index (χ0) is 13.8. The maximum Gasteiger partial charge on any atom is 0.223 e. The highest BCUT2D eigenvalue weighted by atomic mass is 19.1. The fourth-order valence-corrected chi connectivity index (χ4v) is 1.76. The van der Waals surface area contributed by atoms with Crippen molar-refractivity contribution in [3.05, 3.63) is 35.6 Å². The van der Waals surface area contributed by atoms with Crippen LogP contribution in [0.3, 0.4) is 0 Å². The number of nitrogens with one attached hydrogen (secondary N) is 2. The van der Waals surface area contributed by atoms with Crippen LogP contribution in [0.4, 0.5) is 27.7 Å². The van der Waals surface area contributed by atoms with Gasteiger partial charge < -0.3 is 16.4 Å². The highest BCUT2D eigenvalue weighted by Gasteiger charge is 2.04. The van der Waals surface area contributed by atoms with Crippen molar-refractivity contribution in [1.82, 2.24) is 9.97 Å². The van der Waals surface area contributed by atoms with Gasteiger partial charge in [-0.2, -0.15) is 9.97 Å². The van der Waals surface area contributed by atoms with Gasteiger partial charge >= 0.3 is 0 Å². The lowest BCUT2D eigenvalue weighted by atomic mass is 10.2. The number of nitrogens with zero attached hydrogens (tertiary/aromatic N) is 2. The zero-order valence-electron chi connectivity index (χ0n) is 10.9. The number of benzene rings is 1. The van der Waals surface area contributed by atoms with Gasteiger partial charge in [-0.1, -0.05) is 0 Å². The number of nitrogens with two attached hydrogens (primary N) is 1. The molecule has 2 aromatic rings. The predicted octanol–water partition coefficient (Wildman–Crippen LogP) is 2.68. The summed E-state index contributed by atoms with van der Waals surface area (Å²) < 4.78 is 13.3. The Balaban J connectivity index is 2.27. The second kappa shape index (κ2) is 5.51. The molecule has 0 spiro atoms. The fourth-order valence-electron chi connectivity index (χ4n) is 1.76.